The molecule has 0 radical (unpaired) electrons. The minimum absolute atomic E-state index is 0.249. The predicted octanol–water partition coefficient (Wildman–Crippen LogP) is 1.36. The number of anilines is 1. The lowest BCUT2D eigenvalue weighted by Crippen LogP contribution is -2.48. The first-order valence-electron chi connectivity index (χ1n) is 6.55. The Morgan fingerprint density at radius 3 is 2.60 bits per heavy atom. The number of nitrogens with two attached hydrogens (primary N) is 1. The Kier molecular flexibility index (Phi) is 4.24. The largest absolute Gasteiger partial charge is 0.480 e. The van der Waals surface area contributed by atoms with Crippen LogP contribution in [0.1, 0.15) is 25.7 Å². The van der Waals surface area contributed by atoms with Crippen molar-refractivity contribution in [1.82, 2.24) is 0 Å². The number of hydrogen-bond acceptors (Lipinski definition) is 4. The summed E-state index contributed by atoms with van der Waals surface area (Å²) >= 11 is 0. The summed E-state index contributed by atoms with van der Waals surface area (Å²) in [4.78, 5) is 22.8. The van der Waals surface area contributed by atoms with Gasteiger partial charge < -0.3 is 20.9 Å². The molecule has 6 heteroatoms. The van der Waals surface area contributed by atoms with E-state index in [2.05, 4.69) is 5.32 Å². The molecule has 0 atom stereocenters. The first-order valence-corrected chi connectivity index (χ1v) is 6.55. The van der Waals surface area contributed by atoms with Crippen molar-refractivity contribution in [2.45, 2.75) is 31.2 Å². The third-order valence-electron chi connectivity index (χ3n) is 3.43. The van der Waals surface area contributed by atoms with E-state index in [0.717, 1.165) is 12.8 Å². The van der Waals surface area contributed by atoms with Crippen LogP contribution in [0.3, 0.4) is 0 Å². The Morgan fingerprint density at radius 1 is 1.30 bits per heavy atom. The van der Waals surface area contributed by atoms with Crippen molar-refractivity contribution in [2.75, 3.05) is 11.9 Å². The topological polar surface area (TPSA) is 102 Å². The van der Waals surface area contributed by atoms with Gasteiger partial charge in [0.25, 0.3) is 0 Å². The standard InChI is InChI=1S/C14H18N2O4/c15-14(7-3-4-8-14)13(19)16-10-5-1-2-6-11(10)20-9-12(17)18/h1-2,5-6H,3-4,7-9,15H2,(H,16,19)(H,17,18). The molecule has 0 unspecified atom stereocenters. The van der Waals surface area contributed by atoms with Gasteiger partial charge in [-0.05, 0) is 25.0 Å². The van der Waals surface area contributed by atoms with Crippen LogP contribution in [0, 0.1) is 0 Å². The highest BCUT2D eigenvalue weighted by Gasteiger charge is 2.37. The number of para-hydroxylation sites is 2. The zero-order valence-corrected chi connectivity index (χ0v) is 11.1. The minimum Gasteiger partial charge on any atom is -0.480 e. The third kappa shape index (κ3) is 3.27. The van der Waals surface area contributed by atoms with Gasteiger partial charge in [0, 0.05) is 0 Å². The zero-order valence-electron chi connectivity index (χ0n) is 11.1. The molecule has 2 rings (SSSR count). The molecule has 0 saturated heterocycles. The van der Waals surface area contributed by atoms with E-state index in [1.54, 1.807) is 24.3 Å². The van der Waals surface area contributed by atoms with Crippen molar-refractivity contribution in [2.24, 2.45) is 5.73 Å². The van der Waals surface area contributed by atoms with Gasteiger partial charge in [-0.25, -0.2) is 4.79 Å². The average Bonchev–Trinajstić information content (AvgIpc) is 2.86. The van der Waals surface area contributed by atoms with E-state index in [4.69, 9.17) is 15.6 Å². The molecule has 0 heterocycles. The second-order valence-electron chi connectivity index (χ2n) is 5.00. The smallest absolute Gasteiger partial charge is 0.341 e. The number of amides is 1. The molecule has 0 spiro atoms. The summed E-state index contributed by atoms with van der Waals surface area (Å²) < 4.78 is 5.14. The summed E-state index contributed by atoms with van der Waals surface area (Å²) in [5.41, 5.74) is 5.68. The first kappa shape index (κ1) is 14.3. The van der Waals surface area contributed by atoms with Crippen LogP contribution in [0.5, 0.6) is 5.75 Å². The molecule has 20 heavy (non-hydrogen) atoms. The number of carbonyl (C=O) groups excluding carboxylic acids is 1. The number of nitrogens with one attached hydrogen (secondary N) is 1. The molecule has 1 aliphatic rings. The Bertz CT molecular complexity index is 510. The van der Waals surface area contributed by atoms with Gasteiger partial charge in [0.2, 0.25) is 5.91 Å². The molecule has 1 fully saturated rings. The zero-order chi connectivity index (χ0) is 14.6. The molecule has 1 aromatic rings. The lowest BCUT2D eigenvalue weighted by molar-refractivity contribution is -0.139. The molecule has 1 aliphatic carbocycles. The predicted molar refractivity (Wildman–Crippen MR) is 73.6 cm³/mol. The molecule has 0 aromatic heterocycles. The van der Waals surface area contributed by atoms with Gasteiger partial charge >= 0.3 is 5.97 Å². The summed E-state index contributed by atoms with van der Waals surface area (Å²) in [6.45, 7) is -0.458. The number of carboxylic acid groups (broad SMARTS) is 1. The fourth-order valence-corrected chi connectivity index (χ4v) is 2.32. The molecule has 1 amide bonds. The van der Waals surface area contributed by atoms with Gasteiger partial charge in [0.15, 0.2) is 6.61 Å². The van der Waals surface area contributed by atoms with E-state index in [1.807, 2.05) is 0 Å². The van der Waals surface area contributed by atoms with E-state index in [-0.39, 0.29) is 5.91 Å². The van der Waals surface area contributed by atoms with E-state index >= 15 is 0 Å². The molecule has 0 aliphatic heterocycles. The van der Waals surface area contributed by atoms with Crippen molar-refractivity contribution in [3.05, 3.63) is 24.3 Å². The Labute approximate surface area is 116 Å². The van der Waals surface area contributed by atoms with Crippen LogP contribution < -0.4 is 15.8 Å². The van der Waals surface area contributed by atoms with Crippen molar-refractivity contribution < 1.29 is 19.4 Å². The summed E-state index contributed by atoms with van der Waals surface area (Å²) in [7, 11) is 0. The minimum atomic E-state index is -1.07. The van der Waals surface area contributed by atoms with Crippen molar-refractivity contribution in [3.63, 3.8) is 0 Å². The maximum atomic E-state index is 12.2. The molecule has 0 bridgehead atoms. The van der Waals surface area contributed by atoms with Gasteiger partial charge in [-0.1, -0.05) is 25.0 Å². The molecule has 1 saturated carbocycles. The first-order chi connectivity index (χ1) is 9.51. The number of rotatable bonds is 5. The summed E-state index contributed by atoms with van der Waals surface area (Å²) in [5, 5.41) is 11.4. The SMILES string of the molecule is NC1(C(=O)Nc2ccccc2OCC(=O)O)CCCC1. The van der Waals surface area contributed by atoms with E-state index in [1.165, 1.54) is 0 Å². The van der Waals surface area contributed by atoms with Crippen molar-refractivity contribution in [3.8, 4) is 5.75 Å². The molecule has 6 nitrogen and oxygen atoms in total. The van der Waals surface area contributed by atoms with Gasteiger partial charge in [0.05, 0.1) is 11.2 Å². The summed E-state index contributed by atoms with van der Waals surface area (Å²) in [6, 6.07) is 6.71. The molecule has 1 aromatic carbocycles. The van der Waals surface area contributed by atoms with Crippen molar-refractivity contribution in [1.29, 1.82) is 0 Å². The van der Waals surface area contributed by atoms with Crippen LogP contribution >= 0.6 is 0 Å². The highest BCUT2D eigenvalue weighted by atomic mass is 16.5. The molecule has 4 N–H and O–H groups in total. The number of aliphatic carboxylic acids is 1. The maximum absolute atomic E-state index is 12.2. The normalized spacial score (nSPS) is 16.6. The van der Waals surface area contributed by atoms with Crippen LogP contribution in [0.25, 0.3) is 0 Å². The molecular weight excluding hydrogens is 260 g/mol. The highest BCUT2D eigenvalue weighted by Crippen LogP contribution is 2.30. The van der Waals surface area contributed by atoms with Gasteiger partial charge in [-0.2, -0.15) is 0 Å². The Balaban J connectivity index is 2.08. The van der Waals surface area contributed by atoms with Crippen LogP contribution in [0.2, 0.25) is 0 Å². The highest BCUT2D eigenvalue weighted by molar-refractivity contribution is 5.99. The lowest BCUT2D eigenvalue weighted by atomic mass is 9.98. The average molecular weight is 278 g/mol. The number of carbonyl (C=O) groups is 2. The van der Waals surface area contributed by atoms with Crippen LogP contribution in [-0.4, -0.2) is 29.1 Å². The second kappa shape index (κ2) is 5.92. The summed E-state index contributed by atoms with van der Waals surface area (Å²) in [5.74, 6) is -0.997. The number of benzene rings is 1. The lowest BCUT2D eigenvalue weighted by Gasteiger charge is -2.23. The number of ether oxygens (including phenoxy) is 1. The third-order valence-corrected chi connectivity index (χ3v) is 3.43. The van der Waals surface area contributed by atoms with Gasteiger partial charge in [-0.3, -0.25) is 4.79 Å². The second-order valence-corrected chi connectivity index (χ2v) is 5.00. The monoisotopic (exact) mass is 278 g/mol. The van der Waals surface area contributed by atoms with Crippen LogP contribution in [-0.2, 0) is 9.59 Å². The van der Waals surface area contributed by atoms with Crippen LogP contribution in [0.4, 0.5) is 5.69 Å². The molecule has 108 valence electrons. The Hall–Kier alpha value is -2.08. The van der Waals surface area contributed by atoms with Crippen LogP contribution in [0.15, 0.2) is 24.3 Å². The van der Waals surface area contributed by atoms with Gasteiger partial charge in [0.1, 0.15) is 5.75 Å². The fourth-order valence-electron chi connectivity index (χ4n) is 2.32. The van der Waals surface area contributed by atoms with E-state index in [0.29, 0.717) is 24.3 Å². The van der Waals surface area contributed by atoms with E-state index in [9.17, 15) is 9.59 Å². The fraction of sp³-hybridized carbons (Fsp3) is 0.429. The van der Waals surface area contributed by atoms with Crippen molar-refractivity contribution >= 4 is 17.6 Å². The summed E-state index contributed by atoms with van der Waals surface area (Å²) in [6.07, 6.45) is 3.22. The number of carboxylic acids is 1. The quantitative estimate of drug-likeness (QED) is 0.754. The molecular formula is C14H18N2O4. The van der Waals surface area contributed by atoms with E-state index < -0.39 is 18.1 Å². The Morgan fingerprint density at radius 2 is 1.95 bits per heavy atom. The maximum Gasteiger partial charge on any atom is 0.341 e. The number of hydrogen-bond donors (Lipinski definition) is 3. The van der Waals surface area contributed by atoms with Gasteiger partial charge in [-0.15, -0.1) is 0 Å².